The van der Waals surface area contributed by atoms with E-state index in [0.29, 0.717) is 0 Å². The lowest BCUT2D eigenvalue weighted by Crippen LogP contribution is -2.18. The second-order valence-electron chi connectivity index (χ2n) is 1.74. The average molecular weight is 127 g/mol. The number of Topliss-reactive ketones (excluding diaryl/α,β-unsaturated/α-hetero) is 1. The fraction of sp³-hybridized carbons (Fsp3) is 0.833. The highest BCUT2D eigenvalue weighted by Gasteiger charge is 2.07. The Labute approximate surface area is 58.2 Å². The van der Waals surface area contributed by atoms with Gasteiger partial charge in [0, 0.05) is 15.5 Å². The first-order valence-corrected chi connectivity index (χ1v) is 2.75. The molecule has 0 aliphatic rings. The molecule has 0 heterocycles. The maximum Gasteiger partial charge on any atom is 0.158 e. The van der Waals surface area contributed by atoms with Gasteiger partial charge >= 0.3 is 0 Å². The number of carbonyl (C=O) groups excluding carboxylic acids is 1. The average Bonchev–Trinajstić information content (AvgIpc) is 1.69. The highest BCUT2D eigenvalue weighted by Crippen LogP contribution is 1.95. The van der Waals surface area contributed by atoms with Crippen molar-refractivity contribution < 1.29 is 9.53 Å². The van der Waals surface area contributed by atoms with Gasteiger partial charge in [-0.05, 0) is 13.3 Å². The van der Waals surface area contributed by atoms with Crippen molar-refractivity contribution in [3.05, 3.63) is 0 Å². The molecule has 0 saturated carbocycles. The quantitative estimate of drug-likeness (QED) is 0.519. The smallest absolute Gasteiger partial charge is 0.158 e. The molecule has 0 bridgehead atoms. The minimum atomic E-state index is -0.185. The van der Waals surface area contributed by atoms with Gasteiger partial charge in [-0.3, -0.25) is 4.79 Å². The third-order valence-corrected chi connectivity index (χ3v) is 1.11. The van der Waals surface area contributed by atoms with E-state index in [2.05, 4.69) is 0 Å². The second kappa shape index (κ2) is 5.82. The summed E-state index contributed by atoms with van der Waals surface area (Å²) in [5.74, 6) is 0.106. The molecule has 2 nitrogen and oxygen atoms in total. The summed E-state index contributed by atoms with van der Waals surface area (Å²) in [6.07, 6.45) is 0.584. The van der Waals surface area contributed by atoms with Crippen molar-refractivity contribution in [3.63, 3.8) is 0 Å². The number of rotatable bonds is 3. The van der Waals surface area contributed by atoms with Gasteiger partial charge < -0.3 is 4.74 Å². The molecule has 0 saturated heterocycles. The first-order valence-electron chi connectivity index (χ1n) is 2.75. The maximum absolute atomic E-state index is 10.5. The van der Waals surface area contributed by atoms with Crippen molar-refractivity contribution >= 4 is 14.2 Å². The zero-order valence-corrected chi connectivity index (χ0v) is 6.18. The summed E-state index contributed by atoms with van der Waals surface area (Å²) in [6, 6.07) is 0. The summed E-state index contributed by atoms with van der Waals surface area (Å²) in [5, 5.41) is 0. The number of hydrogen-bond donors (Lipinski definition) is 0. The van der Waals surface area contributed by atoms with Gasteiger partial charge in [-0.25, -0.2) is 0 Å². The van der Waals surface area contributed by atoms with Gasteiger partial charge in [0.25, 0.3) is 0 Å². The topological polar surface area (TPSA) is 26.3 Å². The van der Waals surface area contributed by atoms with Crippen LogP contribution in [0.3, 0.4) is 0 Å². The molecular formula is C6H12BO2. The predicted octanol–water partition coefficient (Wildman–Crippen LogP) is 0.620. The molecule has 0 fully saturated rings. The summed E-state index contributed by atoms with van der Waals surface area (Å²) < 4.78 is 4.81. The Balaban J connectivity index is 0. The van der Waals surface area contributed by atoms with E-state index in [-0.39, 0.29) is 20.3 Å². The van der Waals surface area contributed by atoms with E-state index in [4.69, 9.17) is 4.74 Å². The molecule has 0 aromatic heterocycles. The number of hydrogen-bond acceptors (Lipinski definition) is 2. The van der Waals surface area contributed by atoms with Gasteiger partial charge in [0.05, 0.1) is 0 Å². The van der Waals surface area contributed by atoms with Crippen molar-refractivity contribution in [1.82, 2.24) is 0 Å². The highest BCUT2D eigenvalue weighted by atomic mass is 16.5. The van der Waals surface area contributed by atoms with Gasteiger partial charge in [-0.2, -0.15) is 0 Å². The zero-order chi connectivity index (χ0) is 6.57. The Morgan fingerprint density at radius 3 is 2.11 bits per heavy atom. The van der Waals surface area contributed by atoms with E-state index in [0.717, 1.165) is 6.42 Å². The van der Waals surface area contributed by atoms with Crippen molar-refractivity contribution in [2.75, 3.05) is 7.11 Å². The van der Waals surface area contributed by atoms with Crippen LogP contribution in [0, 0.1) is 0 Å². The van der Waals surface area contributed by atoms with Crippen LogP contribution in [0.4, 0.5) is 0 Å². The first kappa shape index (κ1) is 11.5. The van der Waals surface area contributed by atoms with Crippen molar-refractivity contribution in [1.29, 1.82) is 0 Å². The molecule has 51 valence electrons. The van der Waals surface area contributed by atoms with Crippen LogP contribution < -0.4 is 0 Å². The lowest BCUT2D eigenvalue weighted by molar-refractivity contribution is -0.126. The minimum absolute atomic E-state index is 0. The van der Waals surface area contributed by atoms with E-state index >= 15 is 0 Å². The first-order chi connectivity index (χ1) is 3.72. The van der Waals surface area contributed by atoms with Gasteiger partial charge in [-0.15, -0.1) is 0 Å². The third-order valence-electron chi connectivity index (χ3n) is 1.11. The molecule has 1 unspecified atom stereocenters. The Hall–Kier alpha value is -0.305. The molecular weight excluding hydrogens is 115 g/mol. The summed E-state index contributed by atoms with van der Waals surface area (Å²) in [5.41, 5.74) is 0. The largest absolute Gasteiger partial charge is 0.374 e. The van der Waals surface area contributed by atoms with Crippen molar-refractivity contribution in [3.8, 4) is 0 Å². The normalized spacial score (nSPS) is 11.9. The van der Waals surface area contributed by atoms with E-state index in [9.17, 15) is 4.79 Å². The van der Waals surface area contributed by atoms with Gasteiger partial charge in [0.1, 0.15) is 6.10 Å². The number of carbonyl (C=O) groups is 1. The molecule has 3 heteroatoms. The molecule has 0 aromatic rings. The summed E-state index contributed by atoms with van der Waals surface area (Å²) in [4.78, 5) is 10.5. The maximum atomic E-state index is 10.5. The van der Waals surface area contributed by atoms with Crippen LogP contribution in [0.25, 0.3) is 0 Å². The molecule has 9 heavy (non-hydrogen) atoms. The molecule has 3 radical (unpaired) electrons. The standard InChI is InChI=1S/C6H12O2.B/c1-4-6(8-3)5(2)7;/h6H,4H2,1-3H3;. The van der Waals surface area contributed by atoms with Crippen LogP contribution in [0.5, 0.6) is 0 Å². The Morgan fingerprint density at radius 1 is 1.67 bits per heavy atom. The summed E-state index contributed by atoms with van der Waals surface area (Å²) >= 11 is 0. The molecule has 0 amide bonds. The van der Waals surface area contributed by atoms with Crippen LogP contribution in [0.2, 0.25) is 0 Å². The molecule has 0 aromatic carbocycles. The van der Waals surface area contributed by atoms with Gasteiger partial charge in [-0.1, -0.05) is 6.92 Å². The van der Waals surface area contributed by atoms with E-state index < -0.39 is 0 Å². The Bertz CT molecular complexity index is 79.1. The van der Waals surface area contributed by atoms with Crippen LogP contribution in [-0.2, 0) is 9.53 Å². The zero-order valence-electron chi connectivity index (χ0n) is 6.18. The van der Waals surface area contributed by atoms with Crippen LogP contribution in [-0.4, -0.2) is 27.4 Å². The molecule has 0 N–H and O–H groups in total. The lowest BCUT2D eigenvalue weighted by Gasteiger charge is -2.06. The number of methoxy groups -OCH3 is 1. The van der Waals surface area contributed by atoms with Gasteiger partial charge in [0.15, 0.2) is 5.78 Å². The summed E-state index contributed by atoms with van der Waals surface area (Å²) in [6.45, 7) is 3.47. The highest BCUT2D eigenvalue weighted by molar-refractivity contribution is 5.80. The Kier molecular flexibility index (Phi) is 7.43. The molecule has 0 rings (SSSR count). The van der Waals surface area contributed by atoms with Crippen LogP contribution >= 0.6 is 0 Å². The third kappa shape index (κ3) is 4.21. The molecule has 1 atom stereocenters. The lowest BCUT2D eigenvalue weighted by atomic mass is 10.2. The fourth-order valence-electron chi connectivity index (χ4n) is 0.620. The minimum Gasteiger partial charge on any atom is -0.374 e. The monoisotopic (exact) mass is 127 g/mol. The summed E-state index contributed by atoms with van der Waals surface area (Å²) in [7, 11) is 1.55. The second-order valence-corrected chi connectivity index (χ2v) is 1.74. The van der Waals surface area contributed by atoms with Crippen LogP contribution in [0.1, 0.15) is 20.3 Å². The van der Waals surface area contributed by atoms with E-state index in [1.807, 2.05) is 6.92 Å². The predicted molar refractivity (Wildman–Crippen MR) is 37.5 cm³/mol. The van der Waals surface area contributed by atoms with E-state index in [1.54, 1.807) is 7.11 Å². The molecule has 0 aliphatic carbocycles. The molecule has 0 spiro atoms. The number of ether oxygens (including phenoxy) is 1. The fourth-order valence-corrected chi connectivity index (χ4v) is 0.620. The SMILES string of the molecule is CCC(OC)C(C)=O.[B]. The van der Waals surface area contributed by atoms with Crippen molar-refractivity contribution in [2.24, 2.45) is 0 Å². The number of ketones is 1. The molecule has 0 aliphatic heterocycles. The van der Waals surface area contributed by atoms with Gasteiger partial charge in [0.2, 0.25) is 0 Å². The Morgan fingerprint density at radius 2 is 2.11 bits per heavy atom. The van der Waals surface area contributed by atoms with Crippen LogP contribution in [0.15, 0.2) is 0 Å². The van der Waals surface area contributed by atoms with E-state index in [1.165, 1.54) is 6.92 Å². The van der Waals surface area contributed by atoms with Crippen molar-refractivity contribution in [2.45, 2.75) is 26.4 Å².